The topological polar surface area (TPSA) is 102 Å². The fourth-order valence-corrected chi connectivity index (χ4v) is 4.12. The molecule has 0 aliphatic carbocycles. The first kappa shape index (κ1) is 25.5. The Morgan fingerprint density at radius 2 is 1.82 bits per heavy atom. The summed E-state index contributed by atoms with van der Waals surface area (Å²) < 4.78 is 16.6. The summed E-state index contributed by atoms with van der Waals surface area (Å²) in [6.45, 7) is 7.61. The Morgan fingerprint density at radius 1 is 1.12 bits per heavy atom. The number of hydrogen-bond acceptors (Lipinski definition) is 6. The Morgan fingerprint density at radius 3 is 2.47 bits per heavy atom. The molecule has 3 rings (SSSR count). The van der Waals surface area contributed by atoms with Crippen LogP contribution in [0.15, 0.2) is 42.5 Å². The smallest absolute Gasteiger partial charge is 0.410 e. The largest absolute Gasteiger partial charge is 0.481 e. The normalized spacial score (nSPS) is 19.1. The quantitative estimate of drug-likeness (QED) is 0.450. The molecular formula is C26H33NO7. The predicted octanol–water partition coefficient (Wildman–Crippen LogP) is 4.39. The van der Waals surface area contributed by atoms with Crippen LogP contribution in [0.3, 0.4) is 0 Å². The maximum absolute atomic E-state index is 12.9. The average Bonchev–Trinajstić information content (AvgIpc) is 3.17. The van der Waals surface area contributed by atoms with Crippen molar-refractivity contribution < 1.29 is 33.7 Å². The molecule has 34 heavy (non-hydrogen) atoms. The second-order valence-electron chi connectivity index (χ2n) is 9.52. The highest BCUT2D eigenvalue weighted by atomic mass is 16.6. The van der Waals surface area contributed by atoms with E-state index in [-0.39, 0.29) is 25.7 Å². The van der Waals surface area contributed by atoms with Crippen LogP contribution in [0.25, 0.3) is 10.8 Å². The van der Waals surface area contributed by atoms with E-state index in [2.05, 4.69) is 6.07 Å². The molecule has 0 saturated carbocycles. The highest BCUT2D eigenvalue weighted by Gasteiger charge is 2.42. The molecule has 8 heteroatoms. The Balaban J connectivity index is 1.72. The number of carbonyl (C=O) groups excluding carboxylic acids is 2. The van der Waals surface area contributed by atoms with Crippen LogP contribution in [0.2, 0.25) is 0 Å². The van der Waals surface area contributed by atoms with Crippen molar-refractivity contribution in [3.8, 4) is 0 Å². The Labute approximate surface area is 199 Å². The Bertz CT molecular complexity index is 1030. The van der Waals surface area contributed by atoms with Gasteiger partial charge in [-0.25, -0.2) is 4.79 Å². The monoisotopic (exact) mass is 471 g/mol. The minimum atomic E-state index is -1.37. The lowest BCUT2D eigenvalue weighted by Gasteiger charge is -2.29. The van der Waals surface area contributed by atoms with E-state index >= 15 is 0 Å². The zero-order valence-corrected chi connectivity index (χ0v) is 20.2. The summed E-state index contributed by atoms with van der Waals surface area (Å²) in [5.74, 6) is -3.45. The molecular weight excluding hydrogens is 438 g/mol. The molecule has 1 N–H and O–H groups in total. The molecule has 2 aromatic carbocycles. The fourth-order valence-electron chi connectivity index (χ4n) is 4.12. The number of carboxylic acid groups (broad SMARTS) is 1. The van der Waals surface area contributed by atoms with E-state index in [1.54, 1.807) is 27.7 Å². The van der Waals surface area contributed by atoms with Crippen LogP contribution in [0.4, 0.5) is 4.79 Å². The number of ether oxygens (including phenoxy) is 3. The van der Waals surface area contributed by atoms with Crippen molar-refractivity contribution in [2.24, 2.45) is 5.92 Å². The lowest BCUT2D eigenvalue weighted by atomic mass is 9.98. The molecule has 1 unspecified atom stereocenters. The van der Waals surface area contributed by atoms with Crippen LogP contribution in [-0.2, 0) is 30.4 Å². The van der Waals surface area contributed by atoms with Gasteiger partial charge < -0.3 is 24.2 Å². The lowest BCUT2D eigenvalue weighted by Crippen LogP contribution is -2.42. The lowest BCUT2D eigenvalue weighted by molar-refractivity contribution is -0.159. The minimum Gasteiger partial charge on any atom is -0.481 e. The summed E-state index contributed by atoms with van der Waals surface area (Å²) >= 11 is 0. The molecule has 2 aromatic rings. The Hall–Kier alpha value is -3.13. The van der Waals surface area contributed by atoms with Crippen LogP contribution < -0.4 is 0 Å². The van der Waals surface area contributed by atoms with Crippen molar-refractivity contribution in [1.29, 1.82) is 0 Å². The van der Waals surface area contributed by atoms with Crippen LogP contribution in [0.1, 0.15) is 46.1 Å². The Kier molecular flexibility index (Phi) is 8.15. The third-order valence-corrected chi connectivity index (χ3v) is 5.68. The number of hydrogen-bond donors (Lipinski definition) is 1. The third-order valence-electron chi connectivity index (χ3n) is 5.68. The van der Waals surface area contributed by atoms with Crippen molar-refractivity contribution in [2.45, 2.75) is 64.9 Å². The van der Waals surface area contributed by atoms with Crippen LogP contribution in [0.5, 0.6) is 0 Å². The maximum atomic E-state index is 12.9. The van der Waals surface area contributed by atoms with E-state index < -0.39 is 35.6 Å². The zero-order valence-electron chi connectivity index (χ0n) is 20.2. The van der Waals surface area contributed by atoms with Crippen molar-refractivity contribution in [1.82, 2.24) is 4.90 Å². The van der Waals surface area contributed by atoms with Gasteiger partial charge in [-0.2, -0.15) is 0 Å². The van der Waals surface area contributed by atoms with E-state index in [9.17, 15) is 19.5 Å². The number of rotatable bonds is 8. The van der Waals surface area contributed by atoms with Gasteiger partial charge in [-0.1, -0.05) is 36.4 Å². The first-order chi connectivity index (χ1) is 16.1. The molecule has 0 radical (unpaired) electrons. The van der Waals surface area contributed by atoms with Gasteiger partial charge in [0.15, 0.2) is 5.92 Å². The maximum Gasteiger partial charge on any atom is 0.410 e. The first-order valence-corrected chi connectivity index (χ1v) is 11.6. The number of benzene rings is 2. The van der Waals surface area contributed by atoms with E-state index in [0.717, 1.165) is 16.3 Å². The molecule has 8 nitrogen and oxygen atoms in total. The first-order valence-electron chi connectivity index (χ1n) is 11.6. The molecule has 184 valence electrons. The van der Waals surface area contributed by atoms with Gasteiger partial charge in [-0.3, -0.25) is 9.59 Å². The number of carbonyl (C=O) groups is 3. The SMILES string of the molecule is CCOC(=O)C(C[C@H]1C[C@@H](OCc2ccc3ccccc3c2)CN1C(=O)OC(C)(C)C)C(=O)O. The average molecular weight is 472 g/mol. The van der Waals surface area contributed by atoms with E-state index in [1.807, 2.05) is 36.4 Å². The van der Waals surface area contributed by atoms with Gasteiger partial charge in [0, 0.05) is 6.04 Å². The summed E-state index contributed by atoms with van der Waals surface area (Å²) in [4.78, 5) is 38.3. The summed E-state index contributed by atoms with van der Waals surface area (Å²) in [5, 5.41) is 11.8. The number of nitrogens with zero attached hydrogens (tertiary/aromatic N) is 1. The van der Waals surface area contributed by atoms with E-state index in [0.29, 0.717) is 13.0 Å². The minimum absolute atomic E-state index is 0.0662. The van der Waals surface area contributed by atoms with Crippen molar-refractivity contribution in [2.75, 3.05) is 13.2 Å². The zero-order chi connectivity index (χ0) is 24.9. The van der Waals surface area contributed by atoms with Crippen molar-refractivity contribution >= 4 is 28.8 Å². The fraction of sp³-hybridized carbons (Fsp3) is 0.500. The molecule has 0 bridgehead atoms. The van der Waals surface area contributed by atoms with Crippen LogP contribution in [0, 0.1) is 5.92 Å². The number of likely N-dealkylation sites (tertiary alicyclic amines) is 1. The molecule has 1 saturated heterocycles. The number of aliphatic carboxylic acids is 1. The third kappa shape index (κ3) is 6.70. The predicted molar refractivity (Wildman–Crippen MR) is 126 cm³/mol. The molecule has 1 heterocycles. The molecule has 1 fully saturated rings. The van der Waals surface area contributed by atoms with Gasteiger partial charge in [0.25, 0.3) is 0 Å². The molecule has 3 atom stereocenters. The number of esters is 1. The summed E-state index contributed by atoms with van der Waals surface area (Å²) in [6.07, 6.45) is -0.540. The van der Waals surface area contributed by atoms with Crippen LogP contribution >= 0.6 is 0 Å². The van der Waals surface area contributed by atoms with Gasteiger partial charge in [0.05, 0.1) is 25.9 Å². The highest BCUT2D eigenvalue weighted by molar-refractivity contribution is 5.94. The molecule has 0 spiro atoms. The summed E-state index contributed by atoms with van der Waals surface area (Å²) in [7, 11) is 0. The van der Waals surface area contributed by atoms with E-state index in [4.69, 9.17) is 14.2 Å². The van der Waals surface area contributed by atoms with Crippen LogP contribution in [-0.4, -0.2) is 58.9 Å². The van der Waals surface area contributed by atoms with Gasteiger partial charge in [0.1, 0.15) is 5.60 Å². The number of amides is 1. The van der Waals surface area contributed by atoms with Gasteiger partial charge in [-0.05, 0) is 62.9 Å². The van der Waals surface area contributed by atoms with Crippen molar-refractivity contribution in [3.63, 3.8) is 0 Å². The van der Waals surface area contributed by atoms with E-state index in [1.165, 1.54) is 4.90 Å². The second kappa shape index (κ2) is 10.9. The summed E-state index contributed by atoms with van der Waals surface area (Å²) in [6, 6.07) is 13.6. The molecule has 0 aromatic heterocycles. The standard InChI is InChI=1S/C26H33NO7/c1-5-32-24(30)22(23(28)29)14-20-13-21(15-27(20)25(31)34-26(2,3)4)33-16-17-10-11-18-8-6-7-9-19(18)12-17/h6-12,20-22H,5,13-16H2,1-4H3,(H,28,29)/t20-,21-,22?/m1/s1. The molecule has 1 amide bonds. The number of carboxylic acids is 1. The van der Waals surface area contributed by atoms with Crippen molar-refractivity contribution in [3.05, 3.63) is 48.0 Å². The highest BCUT2D eigenvalue weighted by Crippen LogP contribution is 2.29. The number of fused-ring (bicyclic) bond motifs is 1. The van der Waals surface area contributed by atoms with Gasteiger partial charge >= 0.3 is 18.0 Å². The molecule has 1 aliphatic heterocycles. The summed E-state index contributed by atoms with van der Waals surface area (Å²) in [5.41, 5.74) is 0.292. The molecule has 1 aliphatic rings. The second-order valence-corrected chi connectivity index (χ2v) is 9.52. The van der Waals surface area contributed by atoms with Gasteiger partial charge in [0.2, 0.25) is 0 Å². The van der Waals surface area contributed by atoms with Gasteiger partial charge in [-0.15, -0.1) is 0 Å².